The molecule has 0 spiro atoms. The molecule has 4 N–H and O–H groups in total. The lowest BCUT2D eigenvalue weighted by Gasteiger charge is -2.06. The van der Waals surface area contributed by atoms with Crippen molar-refractivity contribution in [2.75, 3.05) is 12.3 Å². The second kappa shape index (κ2) is 6.24. The van der Waals surface area contributed by atoms with Gasteiger partial charge in [-0.3, -0.25) is 4.79 Å². The third-order valence-corrected chi connectivity index (χ3v) is 2.98. The van der Waals surface area contributed by atoms with Gasteiger partial charge in [0.05, 0.1) is 10.6 Å². The highest BCUT2D eigenvalue weighted by Gasteiger charge is 2.09. The summed E-state index contributed by atoms with van der Waals surface area (Å²) in [6.45, 7) is 0.570. The molecule has 0 atom stereocenters. The van der Waals surface area contributed by atoms with Crippen molar-refractivity contribution in [1.82, 2.24) is 15.3 Å². The molecule has 1 aromatic carbocycles. The van der Waals surface area contributed by atoms with Crippen LogP contribution in [0.3, 0.4) is 0 Å². The summed E-state index contributed by atoms with van der Waals surface area (Å²) in [4.78, 5) is 19.0. The van der Waals surface area contributed by atoms with Gasteiger partial charge in [0.1, 0.15) is 5.82 Å². The number of aromatic amines is 1. The molecule has 2 aromatic rings. The molecule has 0 aliphatic heterocycles. The number of aryl methyl sites for hydroxylation is 1. The number of hydrogen-bond acceptors (Lipinski definition) is 3. The van der Waals surface area contributed by atoms with Crippen LogP contribution in [0.15, 0.2) is 30.6 Å². The molecule has 1 amide bonds. The van der Waals surface area contributed by atoms with E-state index in [9.17, 15) is 4.79 Å². The largest absolute Gasteiger partial charge is 0.399 e. The third-order valence-electron chi connectivity index (χ3n) is 2.67. The van der Waals surface area contributed by atoms with Crippen LogP contribution in [0, 0.1) is 0 Å². The Bertz CT molecular complexity index is 554. The monoisotopic (exact) mass is 278 g/mol. The van der Waals surface area contributed by atoms with E-state index in [0.717, 1.165) is 18.7 Å². The van der Waals surface area contributed by atoms with Crippen LogP contribution in [0.25, 0.3) is 0 Å². The van der Waals surface area contributed by atoms with Gasteiger partial charge in [-0.15, -0.1) is 0 Å². The van der Waals surface area contributed by atoms with Gasteiger partial charge < -0.3 is 16.0 Å². The number of nitrogens with two attached hydrogens (primary N) is 1. The number of carbonyl (C=O) groups excluding carboxylic acids is 1. The Morgan fingerprint density at radius 3 is 3.00 bits per heavy atom. The fourth-order valence-corrected chi connectivity index (χ4v) is 1.98. The zero-order chi connectivity index (χ0) is 13.7. The fourth-order valence-electron chi connectivity index (χ4n) is 1.70. The van der Waals surface area contributed by atoms with E-state index in [-0.39, 0.29) is 5.91 Å². The maximum absolute atomic E-state index is 11.9. The van der Waals surface area contributed by atoms with Crippen molar-refractivity contribution in [2.24, 2.45) is 0 Å². The van der Waals surface area contributed by atoms with Crippen LogP contribution in [0.1, 0.15) is 22.6 Å². The Morgan fingerprint density at radius 2 is 2.32 bits per heavy atom. The molecular formula is C13H15ClN4O. The van der Waals surface area contributed by atoms with E-state index in [2.05, 4.69) is 15.3 Å². The molecule has 1 heterocycles. The minimum atomic E-state index is -0.190. The van der Waals surface area contributed by atoms with Gasteiger partial charge in [0.25, 0.3) is 5.91 Å². The maximum atomic E-state index is 11.9. The summed E-state index contributed by atoms with van der Waals surface area (Å²) in [7, 11) is 0. The Labute approximate surface area is 116 Å². The number of aromatic nitrogens is 2. The molecule has 0 unspecified atom stereocenters. The quantitative estimate of drug-likeness (QED) is 0.578. The average molecular weight is 279 g/mol. The first-order valence-electron chi connectivity index (χ1n) is 5.98. The van der Waals surface area contributed by atoms with E-state index in [4.69, 9.17) is 17.3 Å². The van der Waals surface area contributed by atoms with Crippen molar-refractivity contribution in [3.8, 4) is 0 Å². The van der Waals surface area contributed by atoms with Crippen LogP contribution in [-0.4, -0.2) is 22.4 Å². The third kappa shape index (κ3) is 3.72. The number of halogens is 1. The van der Waals surface area contributed by atoms with Crippen molar-refractivity contribution >= 4 is 23.2 Å². The molecule has 0 saturated heterocycles. The number of amides is 1. The van der Waals surface area contributed by atoms with Crippen LogP contribution in [0.4, 0.5) is 5.69 Å². The van der Waals surface area contributed by atoms with E-state index in [0.29, 0.717) is 22.8 Å². The van der Waals surface area contributed by atoms with Crippen molar-refractivity contribution < 1.29 is 4.79 Å². The molecule has 19 heavy (non-hydrogen) atoms. The number of nitrogens with zero attached hydrogens (tertiary/aromatic N) is 1. The van der Waals surface area contributed by atoms with Crippen LogP contribution < -0.4 is 11.1 Å². The smallest absolute Gasteiger partial charge is 0.252 e. The SMILES string of the molecule is Nc1ccc(C(=O)NCCCc2ncc[nH]2)c(Cl)c1. The number of nitrogen functional groups attached to an aromatic ring is 1. The number of rotatable bonds is 5. The number of carbonyl (C=O) groups is 1. The first-order chi connectivity index (χ1) is 9.16. The predicted molar refractivity (Wildman–Crippen MR) is 75.1 cm³/mol. The van der Waals surface area contributed by atoms with Gasteiger partial charge in [-0.1, -0.05) is 11.6 Å². The molecule has 2 rings (SSSR count). The van der Waals surface area contributed by atoms with Gasteiger partial charge in [-0.25, -0.2) is 4.98 Å². The lowest BCUT2D eigenvalue weighted by molar-refractivity contribution is 0.0953. The molecule has 1 aromatic heterocycles. The van der Waals surface area contributed by atoms with Gasteiger partial charge >= 0.3 is 0 Å². The number of hydrogen-bond donors (Lipinski definition) is 3. The molecule has 0 fully saturated rings. The van der Waals surface area contributed by atoms with Gasteiger partial charge in [-0.2, -0.15) is 0 Å². The Kier molecular flexibility index (Phi) is 4.41. The second-order valence-corrected chi connectivity index (χ2v) is 4.54. The van der Waals surface area contributed by atoms with Crippen LogP contribution in [0.2, 0.25) is 5.02 Å². The minimum absolute atomic E-state index is 0.190. The molecular weight excluding hydrogens is 264 g/mol. The summed E-state index contributed by atoms with van der Waals surface area (Å²) >= 11 is 5.96. The zero-order valence-corrected chi connectivity index (χ0v) is 11.1. The molecule has 0 aliphatic carbocycles. The number of H-pyrrole nitrogens is 1. The van der Waals surface area contributed by atoms with Gasteiger partial charge in [-0.05, 0) is 24.6 Å². The van der Waals surface area contributed by atoms with Crippen molar-refractivity contribution in [3.05, 3.63) is 47.0 Å². The lowest BCUT2D eigenvalue weighted by Crippen LogP contribution is -2.25. The van der Waals surface area contributed by atoms with Gasteiger partial charge in [0.15, 0.2) is 0 Å². The average Bonchev–Trinajstić information content (AvgIpc) is 2.87. The summed E-state index contributed by atoms with van der Waals surface area (Å²) in [6, 6.07) is 4.85. The highest BCUT2D eigenvalue weighted by Crippen LogP contribution is 2.18. The Hall–Kier alpha value is -2.01. The van der Waals surface area contributed by atoms with E-state index >= 15 is 0 Å². The first kappa shape index (κ1) is 13.4. The number of benzene rings is 1. The summed E-state index contributed by atoms with van der Waals surface area (Å²) in [5, 5.41) is 3.18. The van der Waals surface area contributed by atoms with Crippen molar-refractivity contribution in [1.29, 1.82) is 0 Å². The highest BCUT2D eigenvalue weighted by molar-refractivity contribution is 6.34. The first-order valence-corrected chi connectivity index (χ1v) is 6.36. The Balaban J connectivity index is 1.81. The molecule has 5 nitrogen and oxygen atoms in total. The highest BCUT2D eigenvalue weighted by atomic mass is 35.5. The molecule has 6 heteroatoms. The number of nitrogens with one attached hydrogen (secondary N) is 2. The summed E-state index contributed by atoms with van der Waals surface area (Å²) < 4.78 is 0. The molecule has 0 saturated carbocycles. The van der Waals surface area contributed by atoms with Gasteiger partial charge in [0.2, 0.25) is 0 Å². The zero-order valence-electron chi connectivity index (χ0n) is 10.3. The maximum Gasteiger partial charge on any atom is 0.252 e. The second-order valence-electron chi connectivity index (χ2n) is 4.13. The lowest BCUT2D eigenvalue weighted by atomic mass is 10.2. The topological polar surface area (TPSA) is 83.8 Å². The van der Waals surface area contributed by atoms with Crippen LogP contribution in [0.5, 0.6) is 0 Å². The van der Waals surface area contributed by atoms with Gasteiger partial charge in [0, 0.05) is 31.0 Å². The number of imidazole rings is 1. The molecule has 0 bridgehead atoms. The molecule has 100 valence electrons. The summed E-state index contributed by atoms with van der Waals surface area (Å²) in [6.07, 6.45) is 5.10. The van der Waals surface area contributed by atoms with Crippen LogP contribution >= 0.6 is 11.6 Å². The number of anilines is 1. The minimum Gasteiger partial charge on any atom is -0.399 e. The standard InChI is InChI=1S/C13H15ClN4O/c14-11-8-9(15)3-4-10(11)13(19)18-5-1-2-12-16-6-7-17-12/h3-4,6-8H,1-2,5,15H2,(H,16,17)(H,18,19). The normalized spacial score (nSPS) is 10.4. The predicted octanol–water partition coefficient (Wildman–Crippen LogP) is 2.01. The molecule has 0 radical (unpaired) electrons. The van der Waals surface area contributed by atoms with Crippen LogP contribution in [-0.2, 0) is 6.42 Å². The van der Waals surface area contributed by atoms with Crippen molar-refractivity contribution in [3.63, 3.8) is 0 Å². The van der Waals surface area contributed by atoms with E-state index in [1.54, 1.807) is 30.6 Å². The summed E-state index contributed by atoms with van der Waals surface area (Å²) in [5.41, 5.74) is 6.56. The van der Waals surface area contributed by atoms with E-state index in [1.165, 1.54) is 0 Å². The molecule has 0 aliphatic rings. The van der Waals surface area contributed by atoms with E-state index < -0.39 is 0 Å². The van der Waals surface area contributed by atoms with E-state index in [1.807, 2.05) is 0 Å². The fraction of sp³-hybridized carbons (Fsp3) is 0.231. The Morgan fingerprint density at radius 1 is 1.47 bits per heavy atom. The van der Waals surface area contributed by atoms with Crippen molar-refractivity contribution in [2.45, 2.75) is 12.8 Å². The summed E-state index contributed by atoms with van der Waals surface area (Å²) in [5.74, 6) is 0.726.